The minimum absolute atomic E-state index is 0.278. The largest absolute Gasteiger partial charge is 0.401 e. The van der Waals surface area contributed by atoms with E-state index in [4.69, 9.17) is 0 Å². The summed E-state index contributed by atoms with van der Waals surface area (Å²) in [7, 11) is 1.50. The van der Waals surface area contributed by atoms with Crippen LogP contribution in [0.2, 0.25) is 0 Å². The number of hydrogen-bond acceptors (Lipinski definition) is 2. The maximum absolute atomic E-state index is 12.0. The van der Waals surface area contributed by atoms with E-state index in [9.17, 15) is 13.2 Å². The SMILES string of the molecule is CCCNC(C)CCN(C)CC(F)(F)F. The molecule has 0 aliphatic rings. The van der Waals surface area contributed by atoms with E-state index in [-0.39, 0.29) is 6.04 Å². The lowest BCUT2D eigenvalue weighted by Gasteiger charge is -2.21. The Bertz CT molecular complexity index is 159. The van der Waals surface area contributed by atoms with E-state index in [1.165, 1.54) is 11.9 Å². The third-order valence-electron chi connectivity index (χ3n) is 2.14. The van der Waals surface area contributed by atoms with Crippen molar-refractivity contribution in [2.45, 2.75) is 38.9 Å². The van der Waals surface area contributed by atoms with Crippen molar-refractivity contribution in [3.63, 3.8) is 0 Å². The molecule has 0 amide bonds. The number of nitrogens with zero attached hydrogens (tertiary/aromatic N) is 1. The Balaban J connectivity index is 3.57. The topological polar surface area (TPSA) is 15.3 Å². The smallest absolute Gasteiger partial charge is 0.314 e. The van der Waals surface area contributed by atoms with Gasteiger partial charge in [0.1, 0.15) is 0 Å². The van der Waals surface area contributed by atoms with Crippen LogP contribution >= 0.6 is 0 Å². The lowest BCUT2D eigenvalue weighted by Crippen LogP contribution is -2.35. The van der Waals surface area contributed by atoms with Crippen molar-refractivity contribution in [3.05, 3.63) is 0 Å². The Hall–Kier alpha value is -0.290. The molecule has 0 aromatic rings. The molecule has 15 heavy (non-hydrogen) atoms. The molecular weight excluding hydrogens is 205 g/mol. The van der Waals surface area contributed by atoms with Crippen LogP contribution in [0.25, 0.3) is 0 Å². The standard InChI is InChI=1S/C10H21F3N2/c1-4-6-14-9(2)5-7-15(3)8-10(11,12)13/h9,14H,4-8H2,1-3H3. The lowest BCUT2D eigenvalue weighted by molar-refractivity contribution is -0.143. The number of alkyl halides is 3. The highest BCUT2D eigenvalue weighted by Gasteiger charge is 2.28. The first-order valence-electron chi connectivity index (χ1n) is 5.34. The Morgan fingerprint density at radius 2 is 1.93 bits per heavy atom. The van der Waals surface area contributed by atoms with Crippen LogP contribution in [0.4, 0.5) is 13.2 Å². The van der Waals surface area contributed by atoms with Crippen molar-refractivity contribution in [2.24, 2.45) is 0 Å². The summed E-state index contributed by atoms with van der Waals surface area (Å²) in [6, 6.07) is 0.278. The molecule has 92 valence electrons. The van der Waals surface area contributed by atoms with Gasteiger partial charge in [-0.15, -0.1) is 0 Å². The van der Waals surface area contributed by atoms with Crippen molar-refractivity contribution in [1.29, 1.82) is 0 Å². The molecule has 0 fully saturated rings. The first-order valence-corrected chi connectivity index (χ1v) is 5.34. The van der Waals surface area contributed by atoms with Gasteiger partial charge in [0.2, 0.25) is 0 Å². The van der Waals surface area contributed by atoms with Gasteiger partial charge < -0.3 is 5.32 Å². The van der Waals surface area contributed by atoms with Crippen molar-refractivity contribution < 1.29 is 13.2 Å². The van der Waals surface area contributed by atoms with Crippen LogP contribution in [0.15, 0.2) is 0 Å². The monoisotopic (exact) mass is 226 g/mol. The van der Waals surface area contributed by atoms with E-state index in [0.717, 1.165) is 19.4 Å². The molecule has 0 spiro atoms. The van der Waals surface area contributed by atoms with E-state index in [1.54, 1.807) is 0 Å². The molecule has 1 unspecified atom stereocenters. The fourth-order valence-corrected chi connectivity index (χ4v) is 1.29. The maximum Gasteiger partial charge on any atom is 0.401 e. The van der Waals surface area contributed by atoms with Crippen LogP contribution < -0.4 is 5.32 Å². The molecule has 0 aliphatic carbocycles. The maximum atomic E-state index is 12.0. The highest BCUT2D eigenvalue weighted by molar-refractivity contribution is 4.65. The van der Waals surface area contributed by atoms with Crippen LogP contribution in [0, 0.1) is 0 Å². The quantitative estimate of drug-likeness (QED) is 0.716. The van der Waals surface area contributed by atoms with Gasteiger partial charge in [-0.2, -0.15) is 13.2 Å². The number of rotatable bonds is 7. The van der Waals surface area contributed by atoms with Gasteiger partial charge in [0, 0.05) is 6.04 Å². The lowest BCUT2D eigenvalue weighted by atomic mass is 10.2. The summed E-state index contributed by atoms with van der Waals surface area (Å²) in [6.45, 7) is 4.63. The minimum Gasteiger partial charge on any atom is -0.314 e. The molecule has 5 heteroatoms. The molecule has 0 bridgehead atoms. The molecule has 0 heterocycles. The Kier molecular flexibility index (Phi) is 6.92. The normalized spacial score (nSPS) is 14.6. The fraction of sp³-hybridized carbons (Fsp3) is 1.00. The molecule has 0 aromatic heterocycles. The third kappa shape index (κ3) is 10.0. The van der Waals surface area contributed by atoms with Crippen LogP contribution in [-0.2, 0) is 0 Å². The summed E-state index contributed by atoms with van der Waals surface area (Å²) in [6.07, 6.45) is -2.30. The van der Waals surface area contributed by atoms with Crippen molar-refractivity contribution in [2.75, 3.05) is 26.7 Å². The highest BCUT2D eigenvalue weighted by atomic mass is 19.4. The van der Waals surface area contributed by atoms with Gasteiger partial charge in [-0.1, -0.05) is 6.92 Å². The summed E-state index contributed by atoms with van der Waals surface area (Å²) >= 11 is 0. The zero-order valence-corrected chi connectivity index (χ0v) is 9.69. The Labute approximate surface area is 89.8 Å². The second-order valence-electron chi connectivity index (χ2n) is 4.00. The van der Waals surface area contributed by atoms with E-state index < -0.39 is 12.7 Å². The molecular formula is C10H21F3N2. The first-order chi connectivity index (χ1) is 6.85. The molecule has 0 aliphatic heterocycles. The highest BCUT2D eigenvalue weighted by Crippen LogP contribution is 2.15. The van der Waals surface area contributed by atoms with Crippen LogP contribution in [-0.4, -0.2) is 43.8 Å². The van der Waals surface area contributed by atoms with Crippen molar-refractivity contribution in [1.82, 2.24) is 10.2 Å². The molecule has 0 saturated carbocycles. The second-order valence-corrected chi connectivity index (χ2v) is 4.00. The Morgan fingerprint density at radius 1 is 1.33 bits per heavy atom. The van der Waals surface area contributed by atoms with Crippen LogP contribution in [0.3, 0.4) is 0 Å². The van der Waals surface area contributed by atoms with E-state index in [1.807, 2.05) is 6.92 Å². The summed E-state index contributed by atoms with van der Waals surface area (Å²) in [5, 5.41) is 3.24. The van der Waals surface area contributed by atoms with Crippen LogP contribution in [0.1, 0.15) is 26.7 Å². The zero-order chi connectivity index (χ0) is 11.9. The van der Waals surface area contributed by atoms with Gasteiger partial charge in [-0.25, -0.2) is 0 Å². The molecule has 0 rings (SSSR count). The summed E-state index contributed by atoms with van der Waals surface area (Å²) in [4.78, 5) is 1.31. The summed E-state index contributed by atoms with van der Waals surface area (Å²) < 4.78 is 35.9. The average molecular weight is 226 g/mol. The molecule has 1 N–H and O–H groups in total. The van der Waals surface area contributed by atoms with Gasteiger partial charge >= 0.3 is 6.18 Å². The predicted octanol–water partition coefficient (Wildman–Crippen LogP) is 2.26. The summed E-state index contributed by atoms with van der Waals surface area (Å²) in [5.74, 6) is 0. The van der Waals surface area contributed by atoms with Gasteiger partial charge in [0.25, 0.3) is 0 Å². The average Bonchev–Trinajstić information content (AvgIpc) is 2.08. The van der Waals surface area contributed by atoms with Gasteiger partial charge in [0.15, 0.2) is 0 Å². The summed E-state index contributed by atoms with van der Waals surface area (Å²) in [5.41, 5.74) is 0. The molecule has 0 saturated heterocycles. The zero-order valence-electron chi connectivity index (χ0n) is 9.69. The molecule has 0 radical (unpaired) electrons. The van der Waals surface area contributed by atoms with Crippen molar-refractivity contribution >= 4 is 0 Å². The Morgan fingerprint density at radius 3 is 2.40 bits per heavy atom. The number of halogens is 3. The fourth-order valence-electron chi connectivity index (χ4n) is 1.29. The van der Waals surface area contributed by atoms with Gasteiger partial charge in [-0.05, 0) is 39.9 Å². The molecule has 1 atom stereocenters. The second kappa shape index (κ2) is 7.06. The first kappa shape index (κ1) is 14.7. The molecule has 2 nitrogen and oxygen atoms in total. The van der Waals surface area contributed by atoms with E-state index >= 15 is 0 Å². The predicted molar refractivity (Wildman–Crippen MR) is 55.9 cm³/mol. The van der Waals surface area contributed by atoms with E-state index in [2.05, 4.69) is 12.2 Å². The third-order valence-corrected chi connectivity index (χ3v) is 2.14. The van der Waals surface area contributed by atoms with E-state index in [0.29, 0.717) is 6.54 Å². The van der Waals surface area contributed by atoms with Gasteiger partial charge in [-0.3, -0.25) is 4.90 Å². The van der Waals surface area contributed by atoms with Gasteiger partial charge in [0.05, 0.1) is 6.54 Å². The minimum atomic E-state index is -4.09. The van der Waals surface area contributed by atoms with Crippen LogP contribution in [0.5, 0.6) is 0 Å². The number of nitrogens with one attached hydrogen (secondary N) is 1. The van der Waals surface area contributed by atoms with Crippen molar-refractivity contribution in [3.8, 4) is 0 Å². The number of hydrogen-bond donors (Lipinski definition) is 1. The molecule has 0 aromatic carbocycles.